The lowest BCUT2D eigenvalue weighted by Gasteiger charge is -2.12. The molecule has 7 nitrogen and oxygen atoms in total. The summed E-state index contributed by atoms with van der Waals surface area (Å²) in [5.74, 6) is 2.05. The largest absolute Gasteiger partial charge is 0.497 e. The predicted molar refractivity (Wildman–Crippen MR) is 135 cm³/mol. The third-order valence-electron chi connectivity index (χ3n) is 6.30. The Kier molecular flexibility index (Phi) is 5.58. The molecule has 5 aromatic rings. The van der Waals surface area contributed by atoms with Crippen LogP contribution in [0, 0.1) is 0 Å². The maximum Gasteiger partial charge on any atom is 0.336 e. The van der Waals surface area contributed by atoms with Crippen molar-refractivity contribution in [2.75, 3.05) is 7.11 Å². The summed E-state index contributed by atoms with van der Waals surface area (Å²) in [7, 11) is 1.65. The molecule has 1 aliphatic carbocycles. The zero-order chi connectivity index (χ0) is 23.8. The normalized spacial score (nSPS) is 12.7. The molecule has 0 spiro atoms. The summed E-state index contributed by atoms with van der Waals surface area (Å²) >= 11 is 1.54. The van der Waals surface area contributed by atoms with E-state index < -0.39 is 0 Å². The monoisotopic (exact) mass is 482 g/mol. The van der Waals surface area contributed by atoms with Crippen LogP contribution in [-0.4, -0.2) is 26.9 Å². The molecule has 0 atom stereocenters. The summed E-state index contributed by atoms with van der Waals surface area (Å²) in [6, 6.07) is 17.4. The predicted octanol–water partition coefficient (Wildman–Crippen LogP) is 5.23. The number of rotatable bonds is 6. The van der Waals surface area contributed by atoms with Gasteiger partial charge in [-0.15, -0.1) is 10.2 Å². The van der Waals surface area contributed by atoms with E-state index in [9.17, 15) is 4.79 Å². The highest BCUT2D eigenvalue weighted by atomic mass is 32.2. The first-order valence-corrected chi connectivity index (χ1v) is 12.4. The minimum atomic E-state index is -0.333. The van der Waals surface area contributed by atoms with Crippen LogP contribution in [0.3, 0.4) is 0 Å². The van der Waals surface area contributed by atoms with Crippen molar-refractivity contribution in [2.45, 2.75) is 30.2 Å². The fourth-order valence-corrected chi connectivity index (χ4v) is 5.51. The average molecular weight is 483 g/mol. The standard InChI is InChI=1S/C27H22N4O3S/c1-33-22-7-5-21(6-8-22)31-26(17-9-11-28-12-10-17)29-30-27(31)35-16-20-15-25(32)34-24-14-19-4-2-3-18(19)13-23(20)24/h5-15H,2-4,16H2,1H3. The van der Waals surface area contributed by atoms with Crippen LogP contribution in [0.25, 0.3) is 28.0 Å². The maximum absolute atomic E-state index is 12.3. The van der Waals surface area contributed by atoms with Gasteiger partial charge in [0, 0.05) is 40.8 Å². The van der Waals surface area contributed by atoms with Gasteiger partial charge >= 0.3 is 5.63 Å². The zero-order valence-electron chi connectivity index (χ0n) is 19.1. The van der Waals surface area contributed by atoms with Gasteiger partial charge in [0.25, 0.3) is 0 Å². The van der Waals surface area contributed by atoms with Crippen LogP contribution in [0.1, 0.15) is 23.1 Å². The molecule has 174 valence electrons. The Labute approximate surface area is 205 Å². The second kappa shape index (κ2) is 9.03. The minimum absolute atomic E-state index is 0.333. The van der Waals surface area contributed by atoms with E-state index in [1.807, 2.05) is 47.0 Å². The molecule has 1 aliphatic rings. The summed E-state index contributed by atoms with van der Waals surface area (Å²) in [5.41, 5.74) is 5.72. The van der Waals surface area contributed by atoms with Crippen molar-refractivity contribution in [3.63, 3.8) is 0 Å². The Bertz CT molecular complexity index is 1580. The molecule has 0 aliphatic heterocycles. The number of fused-ring (bicyclic) bond motifs is 2. The molecule has 8 heteroatoms. The fraction of sp³-hybridized carbons (Fsp3) is 0.185. The molecule has 0 saturated heterocycles. The van der Waals surface area contributed by atoms with Crippen molar-refractivity contribution in [3.05, 3.63) is 94.1 Å². The van der Waals surface area contributed by atoms with Gasteiger partial charge in [-0.25, -0.2) is 4.79 Å². The van der Waals surface area contributed by atoms with E-state index in [1.54, 1.807) is 25.6 Å². The highest BCUT2D eigenvalue weighted by Crippen LogP contribution is 2.33. The number of hydrogen-bond donors (Lipinski definition) is 0. The molecule has 3 heterocycles. The molecule has 0 saturated carbocycles. The lowest BCUT2D eigenvalue weighted by molar-refractivity contribution is 0.414. The number of methoxy groups -OCH3 is 1. The number of aromatic nitrogens is 4. The van der Waals surface area contributed by atoms with Gasteiger partial charge in [0.1, 0.15) is 11.3 Å². The van der Waals surface area contributed by atoms with Crippen LogP contribution in [0.2, 0.25) is 0 Å². The first-order valence-electron chi connectivity index (χ1n) is 11.4. The molecule has 35 heavy (non-hydrogen) atoms. The van der Waals surface area contributed by atoms with Crippen LogP contribution in [0.4, 0.5) is 0 Å². The Morgan fingerprint density at radius 1 is 1.00 bits per heavy atom. The number of pyridine rings is 1. The van der Waals surface area contributed by atoms with E-state index in [0.29, 0.717) is 11.3 Å². The van der Waals surface area contributed by atoms with E-state index >= 15 is 0 Å². The van der Waals surface area contributed by atoms with Gasteiger partial charge in [-0.3, -0.25) is 9.55 Å². The van der Waals surface area contributed by atoms with Crippen molar-refractivity contribution < 1.29 is 9.15 Å². The Morgan fingerprint density at radius 2 is 1.77 bits per heavy atom. The number of aryl methyl sites for hydroxylation is 2. The molecular formula is C27H22N4O3S. The van der Waals surface area contributed by atoms with E-state index in [0.717, 1.165) is 58.2 Å². The second-order valence-electron chi connectivity index (χ2n) is 8.43. The van der Waals surface area contributed by atoms with Gasteiger partial charge in [0.15, 0.2) is 11.0 Å². The smallest absolute Gasteiger partial charge is 0.336 e. The Balaban J connectivity index is 1.40. The number of benzene rings is 2. The Hall–Kier alpha value is -3.91. The van der Waals surface area contributed by atoms with E-state index in [4.69, 9.17) is 9.15 Å². The fourth-order valence-electron chi connectivity index (χ4n) is 4.57. The van der Waals surface area contributed by atoms with E-state index in [-0.39, 0.29) is 5.63 Å². The highest BCUT2D eigenvalue weighted by Gasteiger charge is 2.19. The molecular weight excluding hydrogens is 460 g/mol. The lowest BCUT2D eigenvalue weighted by atomic mass is 10.0. The molecule has 3 aromatic heterocycles. The molecule has 0 N–H and O–H groups in total. The van der Waals surface area contributed by atoms with Gasteiger partial charge in [0.2, 0.25) is 0 Å². The van der Waals surface area contributed by atoms with Gasteiger partial charge in [-0.05, 0) is 84.5 Å². The van der Waals surface area contributed by atoms with Gasteiger partial charge in [0.05, 0.1) is 7.11 Å². The average Bonchev–Trinajstić information content (AvgIpc) is 3.53. The summed E-state index contributed by atoms with van der Waals surface area (Å²) < 4.78 is 12.9. The summed E-state index contributed by atoms with van der Waals surface area (Å²) in [4.78, 5) is 16.4. The molecule has 6 rings (SSSR count). The number of hydrogen-bond acceptors (Lipinski definition) is 7. The lowest BCUT2D eigenvalue weighted by Crippen LogP contribution is -2.02. The van der Waals surface area contributed by atoms with Crippen LogP contribution >= 0.6 is 11.8 Å². The van der Waals surface area contributed by atoms with Crippen molar-refractivity contribution >= 4 is 22.7 Å². The molecule has 0 amide bonds. The molecule has 2 aromatic carbocycles. The van der Waals surface area contributed by atoms with E-state index in [1.165, 1.54) is 22.9 Å². The summed E-state index contributed by atoms with van der Waals surface area (Å²) in [6.07, 6.45) is 6.73. The maximum atomic E-state index is 12.3. The zero-order valence-corrected chi connectivity index (χ0v) is 19.9. The number of thioether (sulfide) groups is 1. The van der Waals surface area contributed by atoms with E-state index in [2.05, 4.69) is 21.2 Å². The Morgan fingerprint density at radius 3 is 2.54 bits per heavy atom. The molecule has 0 radical (unpaired) electrons. The second-order valence-corrected chi connectivity index (χ2v) is 9.37. The third kappa shape index (κ3) is 4.10. The van der Waals surface area contributed by atoms with Crippen LogP contribution in [0.15, 0.2) is 81.4 Å². The van der Waals surface area contributed by atoms with Gasteiger partial charge < -0.3 is 9.15 Å². The highest BCUT2D eigenvalue weighted by molar-refractivity contribution is 7.98. The molecule has 0 unspecified atom stereocenters. The van der Waals surface area contributed by atoms with Gasteiger partial charge in [-0.1, -0.05) is 11.8 Å². The quantitative estimate of drug-likeness (QED) is 0.242. The molecule has 0 bridgehead atoms. The van der Waals surface area contributed by atoms with Crippen LogP contribution in [0.5, 0.6) is 5.75 Å². The summed E-state index contributed by atoms with van der Waals surface area (Å²) in [6.45, 7) is 0. The van der Waals surface area contributed by atoms with Crippen LogP contribution < -0.4 is 10.4 Å². The SMILES string of the molecule is COc1ccc(-n2c(SCc3cc(=O)oc4cc5c(cc34)CCC5)nnc2-c2ccncc2)cc1. The first-order chi connectivity index (χ1) is 17.2. The van der Waals surface area contributed by atoms with Crippen molar-refractivity contribution in [1.82, 2.24) is 19.7 Å². The molecule has 0 fully saturated rings. The first kappa shape index (κ1) is 21.6. The topological polar surface area (TPSA) is 83.0 Å². The summed E-state index contributed by atoms with van der Waals surface area (Å²) in [5, 5.41) is 10.7. The van der Waals surface area contributed by atoms with Crippen molar-refractivity contribution in [3.8, 4) is 22.8 Å². The van der Waals surface area contributed by atoms with Crippen LogP contribution in [-0.2, 0) is 18.6 Å². The minimum Gasteiger partial charge on any atom is -0.497 e. The van der Waals surface area contributed by atoms with Gasteiger partial charge in [-0.2, -0.15) is 0 Å². The number of ether oxygens (including phenoxy) is 1. The number of nitrogens with zero attached hydrogens (tertiary/aromatic N) is 4. The van der Waals surface area contributed by atoms with Crippen molar-refractivity contribution in [1.29, 1.82) is 0 Å². The van der Waals surface area contributed by atoms with Crippen molar-refractivity contribution in [2.24, 2.45) is 0 Å². The third-order valence-corrected chi connectivity index (χ3v) is 7.28.